The molecule has 0 aromatic heterocycles. The molecule has 0 spiro atoms. The van der Waals surface area contributed by atoms with Gasteiger partial charge in [-0.25, -0.2) is 5.43 Å². The minimum absolute atomic E-state index is 0.555. The quantitative estimate of drug-likeness (QED) is 0.329. The van der Waals surface area contributed by atoms with Gasteiger partial charge >= 0.3 is 0 Å². The highest BCUT2D eigenvalue weighted by atomic mass is 16.1. The first-order valence-corrected chi connectivity index (χ1v) is 6.03. The number of amides is 1. The summed E-state index contributed by atoms with van der Waals surface area (Å²) in [6.45, 7) is 0. The van der Waals surface area contributed by atoms with E-state index in [0.29, 0.717) is 6.41 Å². The van der Waals surface area contributed by atoms with Crippen molar-refractivity contribution in [2.24, 2.45) is 5.10 Å². The molecule has 3 aromatic carbocycles. The molecule has 3 aromatic rings. The molecule has 0 bridgehead atoms. The molecule has 3 nitrogen and oxygen atoms in total. The Balaban J connectivity index is 2.32. The van der Waals surface area contributed by atoms with Crippen molar-refractivity contribution in [2.45, 2.75) is 0 Å². The maximum atomic E-state index is 10.2. The molecule has 0 aliphatic rings. The fraction of sp³-hybridized carbons (Fsp3) is 0. The molecule has 0 fully saturated rings. The Hall–Kier alpha value is -2.68. The van der Waals surface area contributed by atoms with Crippen molar-refractivity contribution in [1.82, 2.24) is 5.43 Å². The fourth-order valence-electron chi connectivity index (χ4n) is 2.33. The van der Waals surface area contributed by atoms with Crippen LogP contribution in [-0.2, 0) is 4.79 Å². The molecule has 0 unspecified atom stereocenters. The molecule has 0 radical (unpaired) electrons. The lowest BCUT2D eigenvalue weighted by molar-refractivity contribution is -0.109. The minimum Gasteiger partial charge on any atom is -0.277 e. The second-order valence-corrected chi connectivity index (χ2v) is 4.24. The number of nitrogens with zero attached hydrogens (tertiary/aromatic N) is 1. The van der Waals surface area contributed by atoms with Crippen LogP contribution in [0.15, 0.2) is 59.7 Å². The first kappa shape index (κ1) is 11.4. The number of hydrogen-bond acceptors (Lipinski definition) is 2. The van der Waals surface area contributed by atoms with Gasteiger partial charge in [-0.15, -0.1) is 0 Å². The molecule has 92 valence electrons. The summed E-state index contributed by atoms with van der Waals surface area (Å²) in [6.07, 6.45) is 2.23. The third-order valence-electron chi connectivity index (χ3n) is 3.13. The van der Waals surface area contributed by atoms with Crippen molar-refractivity contribution in [2.75, 3.05) is 0 Å². The Morgan fingerprint density at radius 2 is 1.58 bits per heavy atom. The average molecular weight is 248 g/mol. The van der Waals surface area contributed by atoms with Crippen LogP contribution in [0, 0.1) is 0 Å². The molecule has 0 saturated heterocycles. The zero-order chi connectivity index (χ0) is 13.1. The van der Waals surface area contributed by atoms with Gasteiger partial charge in [0.15, 0.2) is 0 Å². The summed E-state index contributed by atoms with van der Waals surface area (Å²) in [5, 5.41) is 8.57. The van der Waals surface area contributed by atoms with E-state index in [-0.39, 0.29) is 0 Å². The van der Waals surface area contributed by atoms with E-state index in [0.717, 1.165) is 16.3 Å². The van der Waals surface area contributed by atoms with E-state index in [9.17, 15) is 4.79 Å². The topological polar surface area (TPSA) is 41.5 Å². The lowest BCUT2D eigenvalue weighted by Gasteiger charge is -2.07. The number of nitrogens with one attached hydrogen (secondary N) is 1. The molecule has 19 heavy (non-hydrogen) atoms. The highest BCUT2D eigenvalue weighted by Gasteiger charge is 2.03. The summed E-state index contributed by atoms with van der Waals surface area (Å²) in [4.78, 5) is 10.2. The largest absolute Gasteiger partial charge is 0.277 e. The monoisotopic (exact) mass is 248 g/mol. The van der Waals surface area contributed by atoms with E-state index >= 15 is 0 Å². The van der Waals surface area contributed by atoms with Gasteiger partial charge in [0.25, 0.3) is 0 Å². The normalized spacial score (nSPS) is 11.2. The summed E-state index contributed by atoms with van der Waals surface area (Å²) in [6, 6.07) is 18.5. The second-order valence-electron chi connectivity index (χ2n) is 4.24. The lowest BCUT2D eigenvalue weighted by atomic mass is 9.98. The number of rotatable bonds is 3. The SMILES string of the molecule is O=CN/N=C/c1cc2ccccc2c2ccccc12. The maximum absolute atomic E-state index is 10.2. The molecule has 0 aliphatic heterocycles. The van der Waals surface area contributed by atoms with Gasteiger partial charge < -0.3 is 0 Å². The van der Waals surface area contributed by atoms with Crippen LogP contribution in [0.2, 0.25) is 0 Å². The van der Waals surface area contributed by atoms with Gasteiger partial charge in [-0.2, -0.15) is 5.10 Å². The zero-order valence-corrected chi connectivity index (χ0v) is 10.2. The molecule has 1 amide bonds. The van der Waals surface area contributed by atoms with Crippen LogP contribution in [0.3, 0.4) is 0 Å². The molecule has 0 aliphatic carbocycles. The smallest absolute Gasteiger partial charge is 0.227 e. The van der Waals surface area contributed by atoms with Gasteiger partial charge in [0, 0.05) is 5.56 Å². The van der Waals surface area contributed by atoms with E-state index in [1.165, 1.54) is 10.8 Å². The Morgan fingerprint density at radius 1 is 0.895 bits per heavy atom. The molecule has 0 saturated carbocycles. The van der Waals surface area contributed by atoms with Crippen molar-refractivity contribution < 1.29 is 4.79 Å². The second kappa shape index (κ2) is 4.90. The highest BCUT2D eigenvalue weighted by Crippen LogP contribution is 2.27. The van der Waals surface area contributed by atoms with Gasteiger partial charge in [0.2, 0.25) is 6.41 Å². The van der Waals surface area contributed by atoms with Crippen LogP contribution in [0.5, 0.6) is 0 Å². The Kier molecular flexibility index (Phi) is 2.94. The van der Waals surface area contributed by atoms with Crippen LogP contribution >= 0.6 is 0 Å². The summed E-state index contributed by atoms with van der Waals surface area (Å²) in [5.74, 6) is 0. The summed E-state index contributed by atoms with van der Waals surface area (Å²) in [5.41, 5.74) is 3.29. The third kappa shape index (κ3) is 2.06. The molecule has 3 heteroatoms. The van der Waals surface area contributed by atoms with E-state index in [4.69, 9.17) is 0 Å². The van der Waals surface area contributed by atoms with Gasteiger partial charge in [-0.1, -0.05) is 48.5 Å². The minimum atomic E-state index is 0.555. The van der Waals surface area contributed by atoms with Gasteiger partial charge in [0.05, 0.1) is 6.21 Å². The summed E-state index contributed by atoms with van der Waals surface area (Å²) >= 11 is 0. The lowest BCUT2D eigenvalue weighted by Crippen LogP contribution is -2.00. The van der Waals surface area contributed by atoms with Crippen LogP contribution in [-0.4, -0.2) is 12.6 Å². The number of carbonyl (C=O) groups excluding carboxylic acids is 1. The standard InChI is InChI=1S/C16H12N2O/c19-11-18-17-10-13-9-12-5-1-2-6-14(12)16-8-4-3-7-15(13)16/h1-11H,(H,18,19)/b17-10+. The molecule has 0 heterocycles. The Bertz CT molecular complexity index is 778. The van der Waals surface area contributed by atoms with Crippen molar-refractivity contribution in [3.8, 4) is 0 Å². The maximum Gasteiger partial charge on any atom is 0.227 e. The van der Waals surface area contributed by atoms with Crippen molar-refractivity contribution in [3.63, 3.8) is 0 Å². The van der Waals surface area contributed by atoms with E-state index in [1.807, 2.05) is 24.3 Å². The van der Waals surface area contributed by atoms with Crippen molar-refractivity contribution in [3.05, 3.63) is 60.2 Å². The third-order valence-corrected chi connectivity index (χ3v) is 3.13. The number of benzene rings is 3. The number of hydrazone groups is 1. The first-order valence-electron chi connectivity index (χ1n) is 6.03. The predicted octanol–water partition coefficient (Wildman–Crippen LogP) is 3.07. The van der Waals surface area contributed by atoms with Crippen LogP contribution in [0.4, 0.5) is 0 Å². The van der Waals surface area contributed by atoms with Gasteiger partial charge in [-0.3, -0.25) is 4.79 Å². The number of fused-ring (bicyclic) bond motifs is 3. The molecular formula is C16H12N2O. The van der Waals surface area contributed by atoms with Gasteiger partial charge in [0.1, 0.15) is 0 Å². The van der Waals surface area contributed by atoms with E-state index in [1.54, 1.807) is 6.21 Å². The molecule has 1 N–H and O–H groups in total. The van der Waals surface area contributed by atoms with Crippen LogP contribution < -0.4 is 5.43 Å². The summed E-state index contributed by atoms with van der Waals surface area (Å²) in [7, 11) is 0. The first-order chi connectivity index (χ1) is 9.40. The van der Waals surface area contributed by atoms with E-state index in [2.05, 4.69) is 40.9 Å². The zero-order valence-electron chi connectivity index (χ0n) is 10.2. The Morgan fingerprint density at radius 3 is 2.37 bits per heavy atom. The molecule has 3 rings (SSSR count). The Labute approximate surface area is 110 Å². The van der Waals surface area contributed by atoms with E-state index < -0.39 is 0 Å². The van der Waals surface area contributed by atoms with Crippen LogP contribution in [0.25, 0.3) is 21.5 Å². The fourth-order valence-corrected chi connectivity index (χ4v) is 2.33. The summed E-state index contributed by atoms with van der Waals surface area (Å²) < 4.78 is 0. The molecular weight excluding hydrogens is 236 g/mol. The molecule has 0 atom stereocenters. The number of carbonyl (C=O) groups is 1. The average Bonchev–Trinajstić information content (AvgIpc) is 2.47. The van der Waals surface area contributed by atoms with Gasteiger partial charge in [-0.05, 0) is 27.6 Å². The highest BCUT2D eigenvalue weighted by molar-refractivity contribution is 6.14. The van der Waals surface area contributed by atoms with Crippen molar-refractivity contribution >= 4 is 34.2 Å². The van der Waals surface area contributed by atoms with Crippen molar-refractivity contribution in [1.29, 1.82) is 0 Å². The number of hydrogen-bond donors (Lipinski definition) is 1. The van der Waals surface area contributed by atoms with Crippen LogP contribution in [0.1, 0.15) is 5.56 Å². The predicted molar refractivity (Wildman–Crippen MR) is 78.2 cm³/mol.